The molecule has 0 aliphatic heterocycles. The Balaban J connectivity index is 1.72. The van der Waals surface area contributed by atoms with Gasteiger partial charge in [0.05, 0.1) is 29.7 Å². The molecule has 0 spiro atoms. The Morgan fingerprint density at radius 2 is 1.92 bits per heavy atom. The third-order valence-corrected chi connectivity index (χ3v) is 7.77. The number of fused-ring (bicyclic) bond motifs is 1. The van der Waals surface area contributed by atoms with E-state index in [-0.39, 0.29) is 18.4 Å². The summed E-state index contributed by atoms with van der Waals surface area (Å²) >= 11 is 3.35. The first-order valence-electron chi connectivity index (χ1n) is 11.3. The highest BCUT2D eigenvalue weighted by atomic mass is 79.9. The molecule has 0 atom stereocenters. The Morgan fingerprint density at radius 1 is 1.19 bits per heavy atom. The molecule has 0 saturated heterocycles. The predicted octanol–water partition coefficient (Wildman–Crippen LogP) is 5.60. The number of nitrogens with zero attached hydrogens (tertiary/aromatic N) is 2. The first-order chi connectivity index (χ1) is 17.2. The average Bonchev–Trinajstić information content (AvgIpc) is 3.62. The number of benzene rings is 2. The lowest BCUT2D eigenvalue weighted by Gasteiger charge is -2.25. The number of rotatable bonds is 7. The van der Waals surface area contributed by atoms with E-state index in [2.05, 4.69) is 26.2 Å². The Morgan fingerprint density at radius 3 is 2.50 bits per heavy atom. The summed E-state index contributed by atoms with van der Waals surface area (Å²) in [6.45, 7) is 0.0468. The number of furan rings is 1. The summed E-state index contributed by atoms with van der Waals surface area (Å²) in [6.07, 6.45) is 4.63. The summed E-state index contributed by atoms with van der Waals surface area (Å²) < 4.78 is 47.8. The van der Waals surface area contributed by atoms with E-state index >= 15 is 0 Å². The SMILES string of the molecule is CNC(=O)c1c(-c2ccc(F)cc2)oc2cc(N(Cc3ccc(Br)cn3)S(C)(=O)=O)c(C3CC3)cc12. The van der Waals surface area contributed by atoms with Gasteiger partial charge in [0.2, 0.25) is 10.0 Å². The van der Waals surface area contributed by atoms with E-state index in [9.17, 15) is 17.6 Å². The number of carbonyl (C=O) groups is 1. The molecule has 1 aliphatic rings. The number of sulfonamides is 1. The van der Waals surface area contributed by atoms with Crippen molar-refractivity contribution in [2.45, 2.75) is 25.3 Å². The second-order valence-electron chi connectivity index (χ2n) is 8.81. The zero-order chi connectivity index (χ0) is 25.6. The normalized spacial score (nSPS) is 13.7. The highest BCUT2D eigenvalue weighted by Crippen LogP contribution is 2.48. The molecule has 0 radical (unpaired) electrons. The molecule has 0 unspecified atom stereocenters. The molecule has 1 saturated carbocycles. The molecular weight excluding hydrogens is 549 g/mol. The van der Waals surface area contributed by atoms with Crippen molar-refractivity contribution < 1.29 is 22.0 Å². The summed E-state index contributed by atoms with van der Waals surface area (Å²) in [7, 11) is -2.16. The Hall–Kier alpha value is -3.24. The third-order valence-electron chi connectivity index (χ3n) is 6.18. The number of pyridine rings is 1. The van der Waals surface area contributed by atoms with E-state index in [0.717, 1.165) is 29.1 Å². The lowest BCUT2D eigenvalue weighted by atomic mass is 10.0. The average molecular weight is 572 g/mol. The predicted molar refractivity (Wildman–Crippen MR) is 140 cm³/mol. The minimum absolute atomic E-state index is 0.0468. The number of halogens is 2. The maximum absolute atomic E-state index is 13.6. The highest BCUT2D eigenvalue weighted by molar-refractivity contribution is 9.10. The Kier molecular flexibility index (Phi) is 6.34. The number of carbonyl (C=O) groups excluding carboxylic acids is 1. The number of amides is 1. The minimum Gasteiger partial charge on any atom is -0.455 e. The standard InChI is InChI=1S/C26H23BrFN3O4S/c1-29-26(32)24-21-11-20(15-3-4-15)22(12-23(21)35-25(24)16-5-8-18(28)9-6-16)31(36(2,33)34)14-19-10-7-17(27)13-30-19/h5-13,15H,3-4,14H2,1-2H3,(H,29,32). The topological polar surface area (TPSA) is 92.5 Å². The number of hydrogen-bond acceptors (Lipinski definition) is 5. The van der Waals surface area contributed by atoms with Gasteiger partial charge in [-0.1, -0.05) is 0 Å². The van der Waals surface area contributed by atoms with Crippen LogP contribution in [0.25, 0.3) is 22.3 Å². The van der Waals surface area contributed by atoms with E-state index in [1.165, 1.54) is 23.5 Å². The molecule has 2 aromatic heterocycles. The van der Waals surface area contributed by atoms with Crippen LogP contribution in [0.5, 0.6) is 0 Å². The van der Waals surface area contributed by atoms with Gasteiger partial charge in [-0.2, -0.15) is 0 Å². The minimum atomic E-state index is -3.69. The molecule has 36 heavy (non-hydrogen) atoms. The molecule has 4 aromatic rings. The lowest BCUT2D eigenvalue weighted by molar-refractivity contribution is 0.0964. The molecular formula is C26H23BrFN3O4S. The van der Waals surface area contributed by atoms with Crippen molar-refractivity contribution in [2.24, 2.45) is 0 Å². The van der Waals surface area contributed by atoms with Crippen molar-refractivity contribution in [3.8, 4) is 11.3 Å². The summed E-state index contributed by atoms with van der Waals surface area (Å²) in [4.78, 5) is 17.3. The molecule has 7 nitrogen and oxygen atoms in total. The largest absolute Gasteiger partial charge is 0.455 e. The highest BCUT2D eigenvalue weighted by Gasteiger charge is 2.33. The van der Waals surface area contributed by atoms with Gasteiger partial charge in [0.1, 0.15) is 17.2 Å². The molecule has 1 N–H and O–H groups in total. The third kappa shape index (κ3) is 4.75. The second-order valence-corrected chi connectivity index (χ2v) is 11.6. The van der Waals surface area contributed by atoms with E-state index in [4.69, 9.17) is 4.42 Å². The maximum Gasteiger partial charge on any atom is 0.255 e. The number of anilines is 1. The van der Waals surface area contributed by atoms with Crippen molar-refractivity contribution in [3.05, 3.63) is 81.8 Å². The molecule has 5 rings (SSSR count). The van der Waals surface area contributed by atoms with Crippen molar-refractivity contribution in [1.29, 1.82) is 0 Å². The fraction of sp³-hybridized carbons (Fsp3) is 0.231. The molecule has 1 aliphatic carbocycles. The zero-order valence-electron chi connectivity index (χ0n) is 19.6. The van der Waals surface area contributed by atoms with Crippen LogP contribution in [0.2, 0.25) is 0 Å². The van der Waals surface area contributed by atoms with Crippen LogP contribution in [0.1, 0.15) is 40.4 Å². The van der Waals surface area contributed by atoms with E-state index in [1.807, 2.05) is 12.1 Å². The maximum atomic E-state index is 13.6. The van der Waals surface area contributed by atoms with E-state index in [1.54, 1.807) is 30.5 Å². The fourth-order valence-corrected chi connectivity index (χ4v) is 5.39. The quantitative estimate of drug-likeness (QED) is 0.311. The molecule has 1 fully saturated rings. The molecule has 2 aromatic carbocycles. The van der Waals surface area contributed by atoms with Crippen LogP contribution in [0.4, 0.5) is 10.1 Å². The first kappa shape index (κ1) is 24.5. The molecule has 10 heteroatoms. The summed E-state index contributed by atoms with van der Waals surface area (Å²) in [5.74, 6) is -0.279. The molecule has 186 valence electrons. The van der Waals surface area contributed by atoms with Crippen LogP contribution in [-0.2, 0) is 16.6 Å². The monoisotopic (exact) mass is 571 g/mol. The van der Waals surface area contributed by atoms with Crippen molar-refractivity contribution in [2.75, 3.05) is 17.6 Å². The van der Waals surface area contributed by atoms with Gasteiger partial charge in [-0.05, 0) is 82.7 Å². The van der Waals surface area contributed by atoms with Gasteiger partial charge in [0.25, 0.3) is 5.91 Å². The van der Waals surface area contributed by atoms with Gasteiger partial charge < -0.3 is 9.73 Å². The van der Waals surface area contributed by atoms with E-state index in [0.29, 0.717) is 39.2 Å². The molecule has 2 heterocycles. The Bertz CT molecular complexity index is 1560. The van der Waals surface area contributed by atoms with Crippen LogP contribution in [0.3, 0.4) is 0 Å². The van der Waals surface area contributed by atoms with Gasteiger partial charge in [0, 0.05) is 34.7 Å². The van der Waals surface area contributed by atoms with Crippen LogP contribution >= 0.6 is 15.9 Å². The van der Waals surface area contributed by atoms with Crippen molar-refractivity contribution in [1.82, 2.24) is 10.3 Å². The lowest BCUT2D eigenvalue weighted by Crippen LogP contribution is -2.30. The van der Waals surface area contributed by atoms with Crippen LogP contribution in [0.15, 0.2) is 63.6 Å². The van der Waals surface area contributed by atoms with Crippen molar-refractivity contribution >= 4 is 48.5 Å². The summed E-state index contributed by atoms with van der Waals surface area (Å²) in [5, 5.41) is 3.23. The van der Waals surface area contributed by atoms with Gasteiger partial charge >= 0.3 is 0 Å². The number of aromatic nitrogens is 1. The van der Waals surface area contributed by atoms with Crippen LogP contribution in [-0.4, -0.2) is 32.6 Å². The smallest absolute Gasteiger partial charge is 0.255 e. The molecule has 0 bridgehead atoms. The van der Waals surface area contributed by atoms with Crippen molar-refractivity contribution in [3.63, 3.8) is 0 Å². The van der Waals surface area contributed by atoms with E-state index < -0.39 is 15.8 Å². The second kappa shape index (κ2) is 9.33. The summed E-state index contributed by atoms with van der Waals surface area (Å²) in [6, 6.07) is 12.8. The number of nitrogens with one attached hydrogen (secondary N) is 1. The first-order valence-corrected chi connectivity index (χ1v) is 14.0. The molecule has 1 amide bonds. The van der Waals surface area contributed by atoms with Gasteiger partial charge in [0.15, 0.2) is 0 Å². The van der Waals surface area contributed by atoms with Crippen LogP contribution < -0.4 is 9.62 Å². The fourth-order valence-electron chi connectivity index (χ4n) is 4.27. The Labute approximate surface area is 216 Å². The zero-order valence-corrected chi connectivity index (χ0v) is 22.0. The van der Waals surface area contributed by atoms with Gasteiger partial charge in [-0.3, -0.25) is 14.1 Å². The van der Waals surface area contributed by atoms with Gasteiger partial charge in [-0.15, -0.1) is 0 Å². The van der Waals surface area contributed by atoms with Crippen LogP contribution in [0, 0.1) is 5.82 Å². The number of hydrogen-bond donors (Lipinski definition) is 1. The van der Waals surface area contributed by atoms with Gasteiger partial charge in [-0.25, -0.2) is 12.8 Å². The summed E-state index contributed by atoms with van der Waals surface area (Å²) in [5.41, 5.74) is 3.15.